The van der Waals surface area contributed by atoms with Crippen LogP contribution < -0.4 is 4.74 Å². The molecule has 0 aliphatic heterocycles. The molecule has 0 saturated carbocycles. The predicted octanol–water partition coefficient (Wildman–Crippen LogP) is 3.19. The second-order valence-corrected chi connectivity index (χ2v) is 4.70. The average molecular weight is 392 g/mol. The molecule has 11 heavy (non-hydrogen) atoms. The number of benzene rings is 1. The first kappa shape index (κ1) is 9.91. The van der Waals surface area contributed by atoms with Crippen LogP contribution >= 0.6 is 57.8 Å². The Balaban J connectivity index is 3.24. The zero-order valence-corrected chi connectivity index (χ0v) is 11.0. The van der Waals surface area contributed by atoms with Crippen molar-refractivity contribution in [1.29, 1.82) is 0 Å². The van der Waals surface area contributed by atoms with Crippen LogP contribution in [0.1, 0.15) is 0 Å². The molecule has 0 spiro atoms. The van der Waals surface area contributed by atoms with E-state index >= 15 is 0 Å². The summed E-state index contributed by atoms with van der Waals surface area (Å²) in [4.78, 5) is 0.937. The Labute approximate surface area is 98.6 Å². The summed E-state index contributed by atoms with van der Waals surface area (Å²) in [7, 11) is 1.67. The smallest absolute Gasteiger partial charge is 0.134 e. The number of ether oxygens (including phenoxy) is 1. The lowest BCUT2D eigenvalue weighted by molar-refractivity contribution is 0.410. The summed E-state index contributed by atoms with van der Waals surface area (Å²) in [6.07, 6.45) is 0. The highest BCUT2D eigenvalue weighted by atomic mass is 127. The van der Waals surface area contributed by atoms with Crippen molar-refractivity contribution in [2.75, 3.05) is 7.11 Å². The lowest BCUT2D eigenvalue weighted by Gasteiger charge is -2.05. The molecule has 1 nitrogen and oxygen atoms in total. The predicted molar refractivity (Wildman–Crippen MR) is 65.7 cm³/mol. The van der Waals surface area contributed by atoms with Gasteiger partial charge in [0.25, 0.3) is 0 Å². The van der Waals surface area contributed by atoms with Gasteiger partial charge in [-0.3, -0.25) is 0 Å². The molecule has 0 radical (unpaired) electrons. The quantitative estimate of drug-likeness (QED) is 0.571. The molecule has 1 aromatic carbocycles. The van der Waals surface area contributed by atoms with Crippen LogP contribution in [0.4, 0.5) is 0 Å². The van der Waals surface area contributed by atoms with Crippen molar-refractivity contribution in [2.24, 2.45) is 0 Å². The fourth-order valence-electron chi connectivity index (χ4n) is 0.699. The monoisotopic (exact) mass is 392 g/mol. The van der Waals surface area contributed by atoms with E-state index in [9.17, 15) is 0 Å². The summed E-state index contributed by atoms with van der Waals surface area (Å²) in [6, 6.07) is 3.92. The van der Waals surface area contributed by atoms with Gasteiger partial charge in [-0.25, -0.2) is 0 Å². The molecule has 0 unspecified atom stereocenters. The van der Waals surface area contributed by atoms with Gasteiger partial charge in [-0.1, -0.05) is 0 Å². The van der Waals surface area contributed by atoms with Crippen LogP contribution in [0.15, 0.2) is 17.0 Å². The van der Waals surface area contributed by atoms with Crippen LogP contribution in [-0.4, -0.2) is 7.11 Å². The molecule has 0 bridgehead atoms. The maximum Gasteiger partial charge on any atom is 0.134 e. The van der Waals surface area contributed by atoms with Gasteiger partial charge >= 0.3 is 0 Å². The van der Waals surface area contributed by atoms with E-state index in [1.165, 1.54) is 3.57 Å². The van der Waals surface area contributed by atoms with E-state index in [-0.39, 0.29) is 0 Å². The highest BCUT2D eigenvalue weighted by molar-refractivity contribution is 14.1. The largest absolute Gasteiger partial charge is 0.496 e. The van der Waals surface area contributed by atoms with Gasteiger partial charge < -0.3 is 4.74 Å². The molecule has 1 rings (SSSR count). The molecule has 0 amide bonds. The molecule has 0 aliphatic rings. The highest BCUT2D eigenvalue weighted by Gasteiger charge is 2.04. The number of thiol groups is 1. The van der Waals surface area contributed by atoms with Gasteiger partial charge in [0, 0.05) is 8.47 Å². The zero-order chi connectivity index (χ0) is 8.43. The van der Waals surface area contributed by atoms with Gasteiger partial charge in [-0.2, -0.15) is 0 Å². The highest BCUT2D eigenvalue weighted by Crippen LogP contribution is 2.28. The normalized spacial score (nSPS) is 9.82. The fraction of sp³-hybridized carbons (Fsp3) is 0.143. The van der Waals surface area contributed by atoms with Crippen LogP contribution in [0.2, 0.25) is 0 Å². The molecule has 1 aromatic rings. The van der Waals surface area contributed by atoms with E-state index in [2.05, 4.69) is 57.8 Å². The fourth-order valence-corrected chi connectivity index (χ4v) is 2.32. The van der Waals surface area contributed by atoms with Gasteiger partial charge in [-0.15, -0.1) is 12.6 Å². The second kappa shape index (κ2) is 4.18. The standard InChI is InChI=1S/C7H6I2OS/c1-10-6-3-4(11)2-5(8)7(6)9/h2-3,11H,1H3. The van der Waals surface area contributed by atoms with E-state index in [0.717, 1.165) is 14.2 Å². The number of rotatable bonds is 1. The number of hydrogen-bond donors (Lipinski definition) is 1. The first-order valence-electron chi connectivity index (χ1n) is 2.87. The third-order valence-corrected chi connectivity index (χ3v) is 4.45. The lowest BCUT2D eigenvalue weighted by atomic mass is 10.3. The number of methoxy groups -OCH3 is 1. The van der Waals surface area contributed by atoms with Crippen molar-refractivity contribution in [2.45, 2.75) is 4.90 Å². The van der Waals surface area contributed by atoms with Crippen molar-refractivity contribution in [3.05, 3.63) is 19.3 Å². The first-order chi connectivity index (χ1) is 5.15. The minimum absolute atomic E-state index is 0.891. The molecule has 0 fully saturated rings. The maximum atomic E-state index is 5.15. The Morgan fingerprint density at radius 3 is 2.55 bits per heavy atom. The Morgan fingerprint density at radius 2 is 2.00 bits per heavy atom. The summed E-state index contributed by atoms with van der Waals surface area (Å²) >= 11 is 8.75. The third kappa shape index (κ3) is 2.38. The lowest BCUT2D eigenvalue weighted by Crippen LogP contribution is -1.89. The SMILES string of the molecule is COc1cc(S)cc(I)c1I. The summed E-state index contributed by atoms with van der Waals surface area (Å²) < 4.78 is 7.46. The van der Waals surface area contributed by atoms with Crippen molar-refractivity contribution in [3.63, 3.8) is 0 Å². The molecule has 0 aromatic heterocycles. The third-order valence-electron chi connectivity index (χ3n) is 1.20. The van der Waals surface area contributed by atoms with Crippen LogP contribution in [0.3, 0.4) is 0 Å². The van der Waals surface area contributed by atoms with Crippen molar-refractivity contribution < 1.29 is 4.74 Å². The van der Waals surface area contributed by atoms with E-state index in [0.29, 0.717) is 0 Å². The van der Waals surface area contributed by atoms with Gasteiger partial charge in [0.05, 0.1) is 10.7 Å². The minimum Gasteiger partial charge on any atom is -0.496 e. The summed E-state index contributed by atoms with van der Waals surface area (Å²) in [5.74, 6) is 0.891. The summed E-state index contributed by atoms with van der Waals surface area (Å²) in [6.45, 7) is 0. The van der Waals surface area contributed by atoms with E-state index in [4.69, 9.17) is 4.74 Å². The molecule has 0 saturated heterocycles. The topological polar surface area (TPSA) is 9.23 Å². The van der Waals surface area contributed by atoms with Crippen LogP contribution in [-0.2, 0) is 0 Å². The van der Waals surface area contributed by atoms with Crippen molar-refractivity contribution >= 4 is 57.8 Å². The Hall–Kier alpha value is 0.830. The van der Waals surface area contributed by atoms with Gasteiger partial charge in [0.15, 0.2) is 0 Å². The van der Waals surface area contributed by atoms with Crippen LogP contribution in [0, 0.1) is 7.14 Å². The van der Waals surface area contributed by atoms with E-state index in [1.807, 2.05) is 12.1 Å². The van der Waals surface area contributed by atoms with E-state index < -0.39 is 0 Å². The average Bonchev–Trinajstić information content (AvgIpc) is 1.96. The van der Waals surface area contributed by atoms with Gasteiger partial charge in [-0.05, 0) is 57.3 Å². The van der Waals surface area contributed by atoms with Crippen molar-refractivity contribution in [3.8, 4) is 5.75 Å². The maximum absolute atomic E-state index is 5.15. The molecule has 60 valence electrons. The zero-order valence-electron chi connectivity index (χ0n) is 5.77. The number of hydrogen-bond acceptors (Lipinski definition) is 2. The summed E-state index contributed by atoms with van der Waals surface area (Å²) in [5.41, 5.74) is 0. The van der Waals surface area contributed by atoms with Crippen molar-refractivity contribution in [1.82, 2.24) is 0 Å². The van der Waals surface area contributed by atoms with Gasteiger partial charge in [0.2, 0.25) is 0 Å². The molecular weight excluding hydrogens is 386 g/mol. The van der Waals surface area contributed by atoms with E-state index in [1.54, 1.807) is 7.11 Å². The Bertz CT molecular complexity index is 275. The van der Waals surface area contributed by atoms with Gasteiger partial charge in [0.1, 0.15) is 5.75 Å². The summed E-state index contributed by atoms with van der Waals surface area (Å²) in [5, 5.41) is 0. The minimum atomic E-state index is 0.891. The Kier molecular flexibility index (Phi) is 3.76. The first-order valence-corrected chi connectivity index (χ1v) is 5.47. The molecule has 0 aliphatic carbocycles. The molecule has 4 heteroatoms. The molecule has 0 heterocycles. The molecule has 0 atom stereocenters. The molecular formula is C7H6I2OS. The molecule has 0 N–H and O–H groups in total. The second-order valence-electron chi connectivity index (χ2n) is 1.94. The van der Waals surface area contributed by atoms with Crippen LogP contribution in [0.5, 0.6) is 5.75 Å². The number of halogens is 2. The Morgan fingerprint density at radius 1 is 1.36 bits per heavy atom. The van der Waals surface area contributed by atoms with Crippen LogP contribution in [0.25, 0.3) is 0 Å².